The van der Waals surface area contributed by atoms with E-state index in [-0.39, 0.29) is 11.7 Å². The van der Waals surface area contributed by atoms with Crippen LogP contribution in [0.4, 0.5) is 10.1 Å². The number of nitrogens with one attached hydrogen (secondary N) is 1. The molecule has 0 unspecified atom stereocenters. The molecule has 0 aliphatic heterocycles. The van der Waals surface area contributed by atoms with Crippen LogP contribution in [0.3, 0.4) is 0 Å². The van der Waals surface area contributed by atoms with Crippen molar-refractivity contribution in [2.24, 2.45) is 16.5 Å². The topological polar surface area (TPSA) is 57.5 Å². The maximum atomic E-state index is 13.8. The van der Waals surface area contributed by atoms with E-state index in [0.29, 0.717) is 22.2 Å². The molecule has 2 aliphatic carbocycles. The Balaban J connectivity index is 1.23. The lowest BCUT2D eigenvalue weighted by Gasteiger charge is -2.51. The SMILES string of the molecule is O/N=C(\Nc1ccc(Cl)cc1)C1CC2(CCC(c3ccnc4ccc(F)cc34)CC2)C1. The monoisotopic (exact) mass is 437 g/mol. The van der Waals surface area contributed by atoms with E-state index in [1.54, 1.807) is 12.1 Å². The van der Waals surface area contributed by atoms with Crippen LogP contribution in [0.5, 0.6) is 0 Å². The predicted molar refractivity (Wildman–Crippen MR) is 122 cm³/mol. The number of rotatable bonds is 3. The molecule has 2 fully saturated rings. The molecule has 0 bridgehead atoms. The summed E-state index contributed by atoms with van der Waals surface area (Å²) in [7, 11) is 0. The molecule has 3 aromatic rings. The summed E-state index contributed by atoms with van der Waals surface area (Å²) < 4.78 is 13.8. The van der Waals surface area contributed by atoms with Crippen molar-refractivity contribution in [3.63, 3.8) is 0 Å². The first-order valence-corrected chi connectivity index (χ1v) is 11.2. The number of hydrogen-bond donors (Lipinski definition) is 2. The zero-order chi connectivity index (χ0) is 21.4. The lowest BCUT2D eigenvalue weighted by atomic mass is 9.54. The second-order valence-corrected chi connectivity index (χ2v) is 9.49. The number of halogens is 2. The van der Waals surface area contributed by atoms with E-state index in [2.05, 4.69) is 21.5 Å². The van der Waals surface area contributed by atoms with E-state index in [0.717, 1.165) is 55.1 Å². The smallest absolute Gasteiger partial charge is 0.149 e. The molecule has 2 aliphatic rings. The quantitative estimate of drug-likeness (QED) is 0.201. The molecule has 0 radical (unpaired) electrons. The van der Waals surface area contributed by atoms with Gasteiger partial charge in [0.1, 0.15) is 11.7 Å². The Morgan fingerprint density at radius 2 is 1.84 bits per heavy atom. The summed E-state index contributed by atoms with van der Waals surface area (Å²) >= 11 is 5.95. The number of aromatic nitrogens is 1. The summed E-state index contributed by atoms with van der Waals surface area (Å²) in [5.74, 6) is 1.11. The normalized spacial score (nSPS) is 26.1. The average molecular weight is 438 g/mol. The summed E-state index contributed by atoms with van der Waals surface area (Å²) in [6.45, 7) is 0. The zero-order valence-corrected chi connectivity index (χ0v) is 17.9. The highest BCUT2D eigenvalue weighted by Crippen LogP contribution is 2.57. The van der Waals surface area contributed by atoms with Gasteiger partial charge < -0.3 is 10.5 Å². The van der Waals surface area contributed by atoms with Gasteiger partial charge in [0, 0.05) is 28.2 Å². The first-order chi connectivity index (χ1) is 15.0. The number of nitrogens with zero attached hydrogens (tertiary/aromatic N) is 2. The van der Waals surface area contributed by atoms with Crippen molar-refractivity contribution in [3.8, 4) is 0 Å². The summed E-state index contributed by atoms with van der Waals surface area (Å²) in [5, 5.41) is 17.9. The molecule has 0 saturated heterocycles. The first kappa shape index (κ1) is 20.3. The van der Waals surface area contributed by atoms with Crippen LogP contribution in [0.2, 0.25) is 5.02 Å². The number of hydrogen-bond acceptors (Lipinski definition) is 3. The number of pyridine rings is 1. The fraction of sp³-hybridized carbons (Fsp3) is 0.360. The van der Waals surface area contributed by atoms with Crippen LogP contribution in [0, 0.1) is 17.2 Å². The third-order valence-corrected chi connectivity index (χ3v) is 7.45. The summed E-state index contributed by atoms with van der Waals surface area (Å²) in [6.07, 6.45) is 8.39. The lowest BCUT2D eigenvalue weighted by molar-refractivity contribution is 0.0388. The minimum Gasteiger partial charge on any atom is -0.409 e. The Hall–Kier alpha value is -2.66. The van der Waals surface area contributed by atoms with Crippen LogP contribution < -0.4 is 5.32 Å². The molecule has 31 heavy (non-hydrogen) atoms. The van der Waals surface area contributed by atoms with Gasteiger partial charge in [-0.25, -0.2) is 4.39 Å². The molecule has 2 aromatic carbocycles. The third-order valence-electron chi connectivity index (χ3n) is 7.19. The molecule has 6 heteroatoms. The van der Waals surface area contributed by atoms with E-state index in [1.807, 2.05) is 30.5 Å². The number of amidine groups is 1. The third kappa shape index (κ3) is 3.99. The van der Waals surface area contributed by atoms with Gasteiger partial charge in [0.25, 0.3) is 0 Å². The van der Waals surface area contributed by atoms with Gasteiger partial charge in [0.15, 0.2) is 0 Å². The van der Waals surface area contributed by atoms with Crippen molar-refractivity contribution in [3.05, 3.63) is 71.1 Å². The van der Waals surface area contributed by atoms with E-state index in [9.17, 15) is 9.60 Å². The Labute approximate surface area is 186 Å². The van der Waals surface area contributed by atoms with Crippen molar-refractivity contribution in [1.82, 2.24) is 4.98 Å². The van der Waals surface area contributed by atoms with Crippen molar-refractivity contribution in [2.75, 3.05) is 5.32 Å². The van der Waals surface area contributed by atoms with E-state index >= 15 is 0 Å². The van der Waals surface area contributed by atoms with Gasteiger partial charge in [-0.05, 0) is 104 Å². The van der Waals surface area contributed by atoms with Gasteiger partial charge in [-0.2, -0.15) is 0 Å². The zero-order valence-electron chi connectivity index (χ0n) is 17.2. The molecule has 0 atom stereocenters. The molecule has 2 saturated carbocycles. The number of fused-ring (bicyclic) bond motifs is 1. The van der Waals surface area contributed by atoms with Crippen LogP contribution in [0.1, 0.15) is 50.0 Å². The predicted octanol–water partition coefficient (Wildman–Crippen LogP) is 6.98. The Morgan fingerprint density at radius 1 is 1.10 bits per heavy atom. The van der Waals surface area contributed by atoms with Gasteiger partial charge in [0.2, 0.25) is 0 Å². The van der Waals surface area contributed by atoms with Crippen LogP contribution in [-0.2, 0) is 0 Å². The largest absolute Gasteiger partial charge is 0.409 e. The highest BCUT2D eigenvalue weighted by Gasteiger charge is 2.48. The molecule has 1 spiro atoms. The highest BCUT2D eigenvalue weighted by molar-refractivity contribution is 6.30. The fourth-order valence-corrected chi connectivity index (χ4v) is 5.64. The Kier molecular flexibility index (Phi) is 5.30. The van der Waals surface area contributed by atoms with Crippen LogP contribution >= 0.6 is 11.6 Å². The summed E-state index contributed by atoms with van der Waals surface area (Å²) in [6, 6.07) is 14.3. The minimum absolute atomic E-state index is 0.208. The van der Waals surface area contributed by atoms with Gasteiger partial charge in [-0.1, -0.05) is 16.8 Å². The van der Waals surface area contributed by atoms with Crippen molar-refractivity contribution < 1.29 is 9.60 Å². The fourth-order valence-electron chi connectivity index (χ4n) is 5.51. The average Bonchev–Trinajstić information content (AvgIpc) is 2.77. The highest BCUT2D eigenvalue weighted by atomic mass is 35.5. The van der Waals surface area contributed by atoms with Crippen LogP contribution in [0.25, 0.3) is 10.9 Å². The standard InChI is InChI=1S/C25H25ClFN3O/c26-18-1-4-20(5-2-18)29-24(30-31)17-14-25(15-17)10-7-16(8-11-25)21-9-12-28-23-6-3-19(27)13-22(21)23/h1-6,9,12-13,16-17,31H,7-8,10-11,14-15H2,(H,29,30). The maximum absolute atomic E-state index is 13.8. The molecule has 0 amide bonds. The van der Waals surface area contributed by atoms with Gasteiger partial charge in [-0.15, -0.1) is 0 Å². The molecule has 160 valence electrons. The Morgan fingerprint density at radius 3 is 2.55 bits per heavy atom. The number of anilines is 1. The van der Waals surface area contributed by atoms with Crippen molar-refractivity contribution >= 4 is 34.0 Å². The molecular weight excluding hydrogens is 413 g/mol. The minimum atomic E-state index is -0.208. The number of oxime groups is 1. The van der Waals surface area contributed by atoms with Gasteiger partial charge >= 0.3 is 0 Å². The van der Waals surface area contributed by atoms with E-state index in [4.69, 9.17) is 11.6 Å². The number of benzene rings is 2. The molecule has 2 N–H and O–H groups in total. The molecule has 4 nitrogen and oxygen atoms in total. The molecule has 1 heterocycles. The molecule has 1 aromatic heterocycles. The molecule has 5 rings (SSSR count). The maximum Gasteiger partial charge on any atom is 0.149 e. The van der Waals surface area contributed by atoms with E-state index < -0.39 is 0 Å². The lowest BCUT2D eigenvalue weighted by Crippen LogP contribution is -2.45. The molecular formula is C25H25ClFN3O. The van der Waals surface area contributed by atoms with E-state index in [1.165, 1.54) is 11.6 Å². The second-order valence-electron chi connectivity index (χ2n) is 9.06. The van der Waals surface area contributed by atoms with Crippen LogP contribution in [-0.4, -0.2) is 16.0 Å². The van der Waals surface area contributed by atoms with Crippen LogP contribution in [0.15, 0.2) is 59.9 Å². The first-order valence-electron chi connectivity index (χ1n) is 10.8. The van der Waals surface area contributed by atoms with Crippen molar-refractivity contribution in [1.29, 1.82) is 0 Å². The summed E-state index contributed by atoms with van der Waals surface area (Å²) in [5.41, 5.74) is 3.28. The second kappa shape index (κ2) is 8.12. The Bertz CT molecular complexity index is 1120. The van der Waals surface area contributed by atoms with Crippen molar-refractivity contribution in [2.45, 2.75) is 44.4 Å². The summed E-state index contributed by atoms with van der Waals surface area (Å²) in [4.78, 5) is 4.39. The van der Waals surface area contributed by atoms with Gasteiger partial charge in [0.05, 0.1) is 5.52 Å². The van der Waals surface area contributed by atoms with Gasteiger partial charge in [-0.3, -0.25) is 4.98 Å².